The maximum Gasteiger partial charge on any atom is 0.293 e. The Hall–Kier alpha value is -2.37. The fourth-order valence-electron chi connectivity index (χ4n) is 3.20. The van der Waals surface area contributed by atoms with E-state index in [4.69, 9.17) is 26.8 Å². The van der Waals surface area contributed by atoms with Gasteiger partial charge in [0.1, 0.15) is 18.0 Å². The average molecular weight is 423 g/mol. The summed E-state index contributed by atoms with van der Waals surface area (Å²) in [4.78, 5) is 13.8. The van der Waals surface area contributed by atoms with Gasteiger partial charge in [-0.2, -0.15) is 0 Å². The van der Waals surface area contributed by atoms with Crippen molar-refractivity contribution in [1.29, 1.82) is 0 Å². The molecule has 0 amide bonds. The molecule has 28 heavy (non-hydrogen) atoms. The number of rotatable bonds is 8. The number of halogens is 2. The molecule has 1 aromatic heterocycles. The minimum atomic E-state index is -0.230. The molecule has 1 heterocycles. The third kappa shape index (κ3) is 4.72. The molecule has 0 aliphatic carbocycles. The Labute approximate surface area is 175 Å². The third-order valence-electron chi connectivity index (χ3n) is 4.54. The number of ether oxygens (including phenoxy) is 2. The number of anilines is 1. The summed E-state index contributed by atoms with van der Waals surface area (Å²) in [6.45, 7) is 4.36. The van der Waals surface area contributed by atoms with Crippen molar-refractivity contribution in [2.75, 3.05) is 5.73 Å². The van der Waals surface area contributed by atoms with E-state index in [0.717, 1.165) is 34.3 Å². The van der Waals surface area contributed by atoms with E-state index in [9.17, 15) is 4.79 Å². The minimum Gasteiger partial charge on any atom is -0.485 e. The lowest BCUT2D eigenvalue weighted by atomic mass is 10.0. The maximum atomic E-state index is 10.5. The topological polar surface area (TPSA) is 77.3 Å². The predicted molar refractivity (Wildman–Crippen MR) is 115 cm³/mol. The van der Waals surface area contributed by atoms with Crippen LogP contribution in [0.3, 0.4) is 0 Å². The molecule has 0 bridgehead atoms. The van der Waals surface area contributed by atoms with Crippen molar-refractivity contribution in [3.05, 3.63) is 58.7 Å². The molecule has 3 N–H and O–H groups in total. The first-order chi connectivity index (χ1) is 13.0. The van der Waals surface area contributed by atoms with Crippen molar-refractivity contribution >= 4 is 47.1 Å². The predicted octanol–water partition coefficient (Wildman–Crippen LogP) is 5.46. The molecule has 150 valence electrons. The Balaban J connectivity index is 0.00000280. The number of benzene rings is 2. The van der Waals surface area contributed by atoms with Gasteiger partial charge in [-0.1, -0.05) is 36.7 Å². The normalized spacial score (nSPS) is 12.8. The van der Waals surface area contributed by atoms with E-state index in [1.807, 2.05) is 49.4 Å². The van der Waals surface area contributed by atoms with Gasteiger partial charge in [0.25, 0.3) is 6.47 Å². The summed E-state index contributed by atoms with van der Waals surface area (Å²) in [5, 5.41) is 1.50. The van der Waals surface area contributed by atoms with Crippen molar-refractivity contribution in [3.63, 3.8) is 0 Å². The van der Waals surface area contributed by atoms with Gasteiger partial charge in [0, 0.05) is 28.8 Å². The summed E-state index contributed by atoms with van der Waals surface area (Å²) in [6.07, 6.45) is 0.948. The van der Waals surface area contributed by atoms with Crippen LogP contribution >= 0.6 is 24.0 Å². The second-order valence-corrected chi connectivity index (χ2v) is 6.93. The number of fused-ring (bicyclic) bond motifs is 1. The highest BCUT2D eigenvalue weighted by molar-refractivity contribution is 6.35. The van der Waals surface area contributed by atoms with E-state index in [1.165, 1.54) is 0 Å². The number of nitrogens with two attached hydrogens (primary N) is 1. The molecule has 0 saturated carbocycles. The van der Waals surface area contributed by atoms with Gasteiger partial charge in [0.2, 0.25) is 0 Å². The zero-order chi connectivity index (χ0) is 19.4. The van der Waals surface area contributed by atoms with Crippen LogP contribution in [0.2, 0.25) is 5.02 Å². The molecule has 0 fully saturated rings. The van der Waals surface area contributed by atoms with Gasteiger partial charge in [-0.25, -0.2) is 0 Å². The van der Waals surface area contributed by atoms with Crippen LogP contribution in [0.4, 0.5) is 5.69 Å². The molecular formula is C21H24Cl2N2O3. The largest absolute Gasteiger partial charge is 0.485 e. The summed E-state index contributed by atoms with van der Waals surface area (Å²) in [6, 6.07) is 13.4. The fourth-order valence-corrected chi connectivity index (χ4v) is 3.42. The Morgan fingerprint density at radius 3 is 2.68 bits per heavy atom. The number of aromatic amines is 1. The zero-order valence-electron chi connectivity index (χ0n) is 15.8. The van der Waals surface area contributed by atoms with Crippen molar-refractivity contribution < 1.29 is 14.3 Å². The van der Waals surface area contributed by atoms with E-state index in [0.29, 0.717) is 23.6 Å². The number of carbonyl (C=O) groups excluding carboxylic acids is 1. The number of nitrogen functional groups attached to an aromatic ring is 1. The zero-order valence-corrected chi connectivity index (χ0v) is 17.3. The Morgan fingerprint density at radius 1 is 1.25 bits per heavy atom. The van der Waals surface area contributed by atoms with E-state index in [-0.39, 0.29) is 24.6 Å². The summed E-state index contributed by atoms with van der Waals surface area (Å²) in [5.41, 5.74) is 9.53. The molecule has 2 aromatic carbocycles. The van der Waals surface area contributed by atoms with Crippen LogP contribution in [0.15, 0.2) is 42.5 Å². The number of hydrogen-bond donors (Lipinski definition) is 2. The molecule has 0 saturated heterocycles. The lowest BCUT2D eigenvalue weighted by molar-refractivity contribution is -0.132. The first kappa shape index (κ1) is 21.9. The number of nitrogens with one attached hydrogen (secondary N) is 1. The third-order valence-corrected chi connectivity index (χ3v) is 4.85. The number of H-pyrrole nitrogens is 1. The highest BCUT2D eigenvalue weighted by Crippen LogP contribution is 2.36. The van der Waals surface area contributed by atoms with Gasteiger partial charge in [0.15, 0.2) is 0 Å². The van der Waals surface area contributed by atoms with E-state index < -0.39 is 0 Å². The van der Waals surface area contributed by atoms with Crippen LogP contribution in [0.1, 0.15) is 37.6 Å². The summed E-state index contributed by atoms with van der Waals surface area (Å²) in [5.74, 6) is 0.732. The molecule has 0 radical (unpaired) electrons. The highest BCUT2D eigenvalue weighted by atomic mass is 35.5. The monoisotopic (exact) mass is 422 g/mol. The summed E-state index contributed by atoms with van der Waals surface area (Å²) in [7, 11) is 0. The maximum absolute atomic E-state index is 10.5. The number of aromatic nitrogens is 1. The van der Waals surface area contributed by atoms with Gasteiger partial charge in [-0.3, -0.25) is 4.79 Å². The average Bonchev–Trinajstić information content (AvgIpc) is 3.07. The molecule has 5 nitrogen and oxygen atoms in total. The SMILES string of the molecule is CCC(Oc1ccc(Cl)c2[nH]c(CC(C)OC=O)cc12)c1ccccc1N.Cl. The molecule has 0 spiro atoms. The van der Waals surface area contributed by atoms with E-state index >= 15 is 0 Å². The molecule has 0 aliphatic heterocycles. The quantitative estimate of drug-likeness (QED) is 0.373. The molecule has 0 aliphatic rings. The minimum absolute atomic E-state index is 0. The standard InChI is InChI=1S/C21H23ClN2O3.ClH/c1-3-19(15-6-4-5-7-18(15)23)27-20-9-8-17(22)21-16(20)11-14(24-21)10-13(2)26-12-25;/h4-9,11-13,19,24H,3,10,23H2,1-2H3;1H. The van der Waals surface area contributed by atoms with E-state index in [1.54, 1.807) is 0 Å². The van der Waals surface area contributed by atoms with Crippen LogP contribution in [-0.4, -0.2) is 17.6 Å². The van der Waals surface area contributed by atoms with Gasteiger partial charge in [-0.15, -0.1) is 12.4 Å². The summed E-state index contributed by atoms with van der Waals surface area (Å²) < 4.78 is 11.3. The first-order valence-corrected chi connectivity index (χ1v) is 9.31. The van der Waals surface area contributed by atoms with E-state index in [2.05, 4.69) is 11.9 Å². The molecule has 2 atom stereocenters. The number of carbonyl (C=O) groups is 1. The Kier molecular flexibility index (Phi) is 7.61. The van der Waals surface area contributed by atoms with Crippen LogP contribution < -0.4 is 10.5 Å². The lowest BCUT2D eigenvalue weighted by Crippen LogP contribution is -2.10. The molecule has 2 unspecified atom stereocenters. The molecule has 7 heteroatoms. The lowest BCUT2D eigenvalue weighted by Gasteiger charge is -2.20. The second kappa shape index (κ2) is 9.71. The molecule has 3 aromatic rings. The van der Waals surface area contributed by atoms with Crippen LogP contribution in [0.25, 0.3) is 10.9 Å². The van der Waals surface area contributed by atoms with Crippen LogP contribution in [-0.2, 0) is 16.0 Å². The Bertz CT molecular complexity index is 943. The van der Waals surface area contributed by atoms with Crippen molar-refractivity contribution in [2.24, 2.45) is 0 Å². The van der Waals surface area contributed by atoms with Crippen molar-refractivity contribution in [3.8, 4) is 5.75 Å². The van der Waals surface area contributed by atoms with Crippen molar-refractivity contribution in [1.82, 2.24) is 4.98 Å². The first-order valence-electron chi connectivity index (χ1n) is 8.93. The Morgan fingerprint density at radius 2 is 2.00 bits per heavy atom. The van der Waals surface area contributed by atoms with Gasteiger partial charge in [0.05, 0.1) is 10.5 Å². The summed E-state index contributed by atoms with van der Waals surface area (Å²) >= 11 is 6.36. The molecule has 3 rings (SSSR count). The van der Waals surface area contributed by atoms with Crippen molar-refractivity contribution in [2.45, 2.75) is 38.9 Å². The van der Waals surface area contributed by atoms with Gasteiger partial charge < -0.3 is 20.2 Å². The second-order valence-electron chi connectivity index (χ2n) is 6.52. The number of para-hydroxylation sites is 1. The van der Waals surface area contributed by atoms with Gasteiger partial charge in [-0.05, 0) is 37.6 Å². The van der Waals surface area contributed by atoms with Crippen LogP contribution in [0.5, 0.6) is 5.75 Å². The smallest absolute Gasteiger partial charge is 0.293 e. The van der Waals surface area contributed by atoms with Crippen LogP contribution in [0, 0.1) is 0 Å². The van der Waals surface area contributed by atoms with Gasteiger partial charge >= 0.3 is 0 Å². The molecular weight excluding hydrogens is 399 g/mol. The number of hydrogen-bond acceptors (Lipinski definition) is 4. The highest BCUT2D eigenvalue weighted by Gasteiger charge is 2.18. The fraction of sp³-hybridized carbons (Fsp3) is 0.286.